The van der Waals surface area contributed by atoms with Crippen molar-refractivity contribution in [3.8, 4) is 0 Å². The molecule has 1 unspecified atom stereocenters. The van der Waals surface area contributed by atoms with Crippen molar-refractivity contribution in [2.24, 2.45) is 5.73 Å². The summed E-state index contributed by atoms with van der Waals surface area (Å²) in [5, 5.41) is 0. The van der Waals surface area contributed by atoms with E-state index in [0.29, 0.717) is 5.57 Å². The minimum atomic E-state index is -1.63. The van der Waals surface area contributed by atoms with Gasteiger partial charge in [-0.25, -0.2) is 9.59 Å². The van der Waals surface area contributed by atoms with E-state index >= 15 is 0 Å². The molecule has 6 heteroatoms. The Morgan fingerprint density at radius 1 is 0.962 bits per heavy atom. The smallest absolute Gasteiger partial charge is 0.336 e. The van der Waals surface area contributed by atoms with Gasteiger partial charge in [-0.05, 0) is 30.2 Å². The van der Waals surface area contributed by atoms with Crippen LogP contribution in [0.15, 0.2) is 77.0 Å². The molecule has 3 rings (SSSR count). The van der Waals surface area contributed by atoms with Crippen LogP contribution in [0, 0.1) is 0 Å². The second-order valence-corrected chi connectivity index (χ2v) is 6.78. The Morgan fingerprint density at radius 2 is 1.62 bits per heavy atom. The third-order valence-corrected chi connectivity index (χ3v) is 4.22. The van der Waals surface area contributed by atoms with E-state index in [2.05, 4.69) is 15.9 Å². The van der Waals surface area contributed by atoms with E-state index in [9.17, 15) is 9.59 Å². The Morgan fingerprint density at radius 3 is 2.31 bits per heavy atom. The van der Waals surface area contributed by atoms with Crippen LogP contribution in [-0.2, 0) is 19.1 Å². The van der Waals surface area contributed by atoms with E-state index in [4.69, 9.17) is 15.2 Å². The Bertz CT molecular complexity index is 916. The van der Waals surface area contributed by atoms with Crippen LogP contribution in [-0.4, -0.2) is 17.7 Å². The number of benzene rings is 2. The molecule has 132 valence electrons. The third-order valence-electron chi connectivity index (χ3n) is 3.72. The SMILES string of the molecule is CC1(N)OC(=O)/C=C\C(=O)O/C1=C(/c1ccccc1)c1cccc(Br)c1. The van der Waals surface area contributed by atoms with E-state index in [1.807, 2.05) is 54.6 Å². The van der Waals surface area contributed by atoms with E-state index in [0.717, 1.165) is 27.8 Å². The van der Waals surface area contributed by atoms with Gasteiger partial charge in [-0.1, -0.05) is 58.4 Å². The highest BCUT2D eigenvalue weighted by Crippen LogP contribution is 2.34. The molecule has 0 fully saturated rings. The van der Waals surface area contributed by atoms with Gasteiger partial charge in [0.15, 0.2) is 5.76 Å². The van der Waals surface area contributed by atoms with Crippen LogP contribution in [0.25, 0.3) is 5.57 Å². The molecule has 26 heavy (non-hydrogen) atoms. The predicted octanol–water partition coefficient (Wildman–Crippen LogP) is 3.54. The standard InChI is InChI=1S/C20H16BrNO4/c1-20(22)19(25-16(23)10-11-17(24)26-20)18(13-6-3-2-4-7-13)14-8-5-9-15(21)12-14/h2-12H,22H2,1H3/b11-10-,19-18-. The molecular weight excluding hydrogens is 398 g/mol. The Balaban J connectivity index is 2.31. The van der Waals surface area contributed by atoms with Crippen LogP contribution in [0.3, 0.4) is 0 Å². The monoisotopic (exact) mass is 413 g/mol. The maximum atomic E-state index is 12.1. The first kappa shape index (κ1) is 18.1. The van der Waals surface area contributed by atoms with Gasteiger partial charge in [-0.15, -0.1) is 0 Å². The fourth-order valence-corrected chi connectivity index (χ4v) is 3.04. The van der Waals surface area contributed by atoms with Gasteiger partial charge in [0.1, 0.15) is 0 Å². The molecule has 1 atom stereocenters. The number of nitrogens with two attached hydrogens (primary N) is 1. The van der Waals surface area contributed by atoms with Crippen LogP contribution in [0.1, 0.15) is 18.1 Å². The third kappa shape index (κ3) is 3.92. The summed E-state index contributed by atoms with van der Waals surface area (Å²) < 4.78 is 11.6. The van der Waals surface area contributed by atoms with E-state index < -0.39 is 17.7 Å². The molecular formula is C20H16BrNO4. The second-order valence-electron chi connectivity index (χ2n) is 5.86. The lowest BCUT2D eigenvalue weighted by atomic mass is 9.93. The number of cyclic esters (lactones) is 2. The van der Waals surface area contributed by atoms with Crippen LogP contribution >= 0.6 is 15.9 Å². The van der Waals surface area contributed by atoms with Crippen molar-refractivity contribution in [2.75, 3.05) is 0 Å². The lowest BCUT2D eigenvalue weighted by Gasteiger charge is -2.30. The summed E-state index contributed by atoms with van der Waals surface area (Å²) in [5.41, 5.74) is 6.69. The Labute approximate surface area is 159 Å². The lowest BCUT2D eigenvalue weighted by Crippen LogP contribution is -2.45. The van der Waals surface area contributed by atoms with Gasteiger partial charge in [0.05, 0.1) is 0 Å². The Kier molecular flexibility index (Phi) is 5.06. The zero-order valence-electron chi connectivity index (χ0n) is 13.9. The van der Waals surface area contributed by atoms with Gasteiger partial charge in [0.2, 0.25) is 5.72 Å². The first-order valence-electron chi connectivity index (χ1n) is 7.85. The maximum Gasteiger partial charge on any atom is 0.336 e. The molecule has 5 nitrogen and oxygen atoms in total. The molecule has 0 saturated carbocycles. The summed E-state index contributed by atoms with van der Waals surface area (Å²) in [5.74, 6) is -1.35. The van der Waals surface area contributed by atoms with Crippen LogP contribution in [0.2, 0.25) is 0 Å². The highest BCUT2D eigenvalue weighted by Gasteiger charge is 2.36. The number of hydrogen-bond donors (Lipinski definition) is 1. The molecule has 0 bridgehead atoms. The molecule has 0 amide bonds. The average Bonchev–Trinajstić information content (AvgIpc) is 2.59. The first-order valence-corrected chi connectivity index (χ1v) is 8.64. The predicted molar refractivity (Wildman–Crippen MR) is 101 cm³/mol. The number of rotatable bonds is 2. The zero-order valence-corrected chi connectivity index (χ0v) is 15.5. The number of esters is 2. The number of ether oxygens (including phenoxy) is 2. The molecule has 2 aromatic carbocycles. The minimum Gasteiger partial charge on any atom is -0.434 e. The van der Waals surface area contributed by atoms with Gasteiger partial charge in [-0.3, -0.25) is 5.73 Å². The van der Waals surface area contributed by atoms with Crippen LogP contribution < -0.4 is 5.73 Å². The fraction of sp³-hybridized carbons (Fsp3) is 0.100. The maximum absolute atomic E-state index is 12.1. The van der Waals surface area contributed by atoms with Gasteiger partial charge >= 0.3 is 11.9 Å². The van der Waals surface area contributed by atoms with Gasteiger partial charge < -0.3 is 9.47 Å². The quantitative estimate of drug-likeness (QED) is 0.761. The lowest BCUT2D eigenvalue weighted by molar-refractivity contribution is -0.156. The number of carbonyl (C=O) groups is 2. The summed E-state index contributed by atoms with van der Waals surface area (Å²) in [6, 6.07) is 16.8. The molecule has 0 saturated heterocycles. The number of carbonyl (C=O) groups excluding carboxylic acids is 2. The molecule has 0 radical (unpaired) electrons. The summed E-state index contributed by atoms with van der Waals surface area (Å²) in [4.78, 5) is 24.0. The van der Waals surface area contributed by atoms with Gasteiger partial charge in [0, 0.05) is 22.2 Å². The molecule has 1 aliphatic heterocycles. The largest absolute Gasteiger partial charge is 0.434 e. The van der Waals surface area contributed by atoms with Crippen molar-refractivity contribution in [1.29, 1.82) is 0 Å². The topological polar surface area (TPSA) is 78.6 Å². The highest BCUT2D eigenvalue weighted by atomic mass is 79.9. The van der Waals surface area contributed by atoms with Crippen molar-refractivity contribution in [1.82, 2.24) is 0 Å². The van der Waals surface area contributed by atoms with Gasteiger partial charge in [0.25, 0.3) is 0 Å². The molecule has 0 aliphatic carbocycles. The summed E-state index contributed by atoms with van der Waals surface area (Å²) in [7, 11) is 0. The summed E-state index contributed by atoms with van der Waals surface area (Å²) in [6.45, 7) is 1.48. The first-order chi connectivity index (χ1) is 12.4. The minimum absolute atomic E-state index is 0.0597. The number of halogens is 1. The second kappa shape index (κ2) is 7.27. The van der Waals surface area contributed by atoms with Crippen molar-refractivity contribution in [3.63, 3.8) is 0 Å². The van der Waals surface area contributed by atoms with E-state index in [1.165, 1.54) is 6.92 Å². The zero-order chi connectivity index (χ0) is 18.7. The Hall–Kier alpha value is -2.70. The van der Waals surface area contributed by atoms with E-state index in [-0.39, 0.29) is 5.76 Å². The van der Waals surface area contributed by atoms with Crippen LogP contribution in [0.4, 0.5) is 0 Å². The molecule has 1 aliphatic rings. The van der Waals surface area contributed by atoms with Crippen molar-refractivity contribution in [2.45, 2.75) is 12.6 Å². The average molecular weight is 414 g/mol. The molecule has 1 heterocycles. The van der Waals surface area contributed by atoms with Crippen molar-refractivity contribution >= 4 is 33.4 Å². The molecule has 0 aromatic heterocycles. The number of hydrogen-bond acceptors (Lipinski definition) is 5. The molecule has 0 spiro atoms. The molecule has 2 N–H and O–H groups in total. The summed E-state index contributed by atoms with van der Waals surface area (Å²) in [6.07, 6.45) is 2.01. The van der Waals surface area contributed by atoms with E-state index in [1.54, 1.807) is 0 Å². The summed E-state index contributed by atoms with van der Waals surface area (Å²) >= 11 is 3.45. The van der Waals surface area contributed by atoms with Crippen molar-refractivity contribution < 1.29 is 19.1 Å². The van der Waals surface area contributed by atoms with Gasteiger partial charge in [-0.2, -0.15) is 0 Å². The van der Waals surface area contributed by atoms with Crippen LogP contribution in [0.5, 0.6) is 0 Å². The van der Waals surface area contributed by atoms with Crippen molar-refractivity contribution in [3.05, 3.63) is 88.1 Å². The highest BCUT2D eigenvalue weighted by molar-refractivity contribution is 9.10. The normalized spacial score (nSPS) is 23.3. The fourth-order valence-electron chi connectivity index (χ4n) is 2.64. The molecule has 2 aromatic rings.